The topological polar surface area (TPSA) is 17.1 Å². The van der Waals surface area contributed by atoms with Crippen LogP contribution in [0, 0.1) is 12.7 Å². The number of rotatable bonds is 3. The maximum atomic E-state index is 13.6. The Morgan fingerprint density at radius 1 is 1.32 bits per heavy atom. The monoisotopic (exact) mass is 340 g/mol. The average Bonchev–Trinajstić information content (AvgIpc) is 2.32. The summed E-state index contributed by atoms with van der Waals surface area (Å²) in [6.07, 6.45) is -0.0403. The molecule has 1 nitrogen and oxygen atoms in total. The second-order valence-corrected chi connectivity index (χ2v) is 5.64. The van der Waals surface area contributed by atoms with Crippen molar-refractivity contribution in [2.45, 2.75) is 13.3 Å². The van der Waals surface area contributed by atoms with Crippen molar-refractivity contribution in [1.82, 2.24) is 0 Å². The van der Waals surface area contributed by atoms with E-state index in [2.05, 4.69) is 15.9 Å². The van der Waals surface area contributed by atoms with E-state index < -0.39 is 5.82 Å². The maximum absolute atomic E-state index is 13.6. The molecule has 0 heterocycles. The fraction of sp³-hybridized carbons (Fsp3) is 0.133. The summed E-state index contributed by atoms with van der Waals surface area (Å²) < 4.78 is 14.5. The van der Waals surface area contributed by atoms with Crippen LogP contribution in [0.1, 0.15) is 21.5 Å². The van der Waals surface area contributed by atoms with Crippen molar-refractivity contribution in [2.75, 3.05) is 0 Å². The number of carbonyl (C=O) groups excluding carboxylic acids is 1. The second kappa shape index (κ2) is 5.85. The molecule has 2 aromatic rings. The summed E-state index contributed by atoms with van der Waals surface area (Å²) in [5.74, 6) is -0.607. The van der Waals surface area contributed by atoms with Crippen molar-refractivity contribution in [1.29, 1.82) is 0 Å². The Morgan fingerprint density at radius 2 is 2.05 bits per heavy atom. The lowest BCUT2D eigenvalue weighted by atomic mass is 10.0. The van der Waals surface area contributed by atoms with Gasteiger partial charge in [0.05, 0.1) is 0 Å². The Balaban J connectivity index is 2.31. The van der Waals surface area contributed by atoms with Gasteiger partial charge in [0.1, 0.15) is 5.82 Å². The highest BCUT2D eigenvalue weighted by Crippen LogP contribution is 2.22. The van der Waals surface area contributed by atoms with Crippen molar-refractivity contribution in [2.24, 2.45) is 0 Å². The highest BCUT2D eigenvalue weighted by Gasteiger charge is 2.14. The third kappa shape index (κ3) is 3.43. The fourth-order valence-electron chi connectivity index (χ4n) is 1.86. The Bertz CT molecular complexity index is 600. The molecule has 19 heavy (non-hydrogen) atoms. The Kier molecular flexibility index (Phi) is 4.38. The fourth-order valence-corrected chi connectivity index (χ4v) is 2.70. The summed E-state index contributed by atoms with van der Waals surface area (Å²) in [5.41, 5.74) is 1.76. The molecule has 0 amide bonds. The SMILES string of the molecule is Cc1cc(Br)cc(C(=O)Cc2c(F)cccc2Cl)c1. The third-order valence-electron chi connectivity index (χ3n) is 2.76. The van der Waals surface area contributed by atoms with Crippen molar-refractivity contribution in [3.05, 3.63) is 68.4 Å². The van der Waals surface area contributed by atoms with Gasteiger partial charge >= 0.3 is 0 Å². The van der Waals surface area contributed by atoms with Gasteiger partial charge in [-0.2, -0.15) is 0 Å². The van der Waals surface area contributed by atoms with Crippen LogP contribution in [0.15, 0.2) is 40.9 Å². The number of hydrogen-bond donors (Lipinski definition) is 0. The molecule has 0 fully saturated rings. The standard InChI is InChI=1S/C15H11BrClFO/c1-9-5-10(7-11(16)6-9)15(19)8-12-13(17)3-2-4-14(12)18/h2-7H,8H2,1H3. The van der Waals surface area contributed by atoms with Gasteiger partial charge in [0.25, 0.3) is 0 Å². The molecule has 98 valence electrons. The van der Waals surface area contributed by atoms with Crippen LogP contribution in [0.25, 0.3) is 0 Å². The lowest BCUT2D eigenvalue weighted by molar-refractivity contribution is 0.0991. The molecular formula is C15H11BrClFO. The first kappa shape index (κ1) is 14.2. The Labute approximate surface area is 124 Å². The molecule has 0 spiro atoms. The van der Waals surface area contributed by atoms with Gasteiger partial charge in [0.2, 0.25) is 0 Å². The molecule has 2 rings (SSSR count). The molecule has 4 heteroatoms. The first-order valence-corrected chi connectivity index (χ1v) is 6.88. The zero-order valence-electron chi connectivity index (χ0n) is 10.2. The van der Waals surface area contributed by atoms with Crippen molar-refractivity contribution in [3.63, 3.8) is 0 Å². The van der Waals surface area contributed by atoms with Gasteiger partial charge in [-0.15, -0.1) is 0 Å². The van der Waals surface area contributed by atoms with Crippen LogP contribution in [0.4, 0.5) is 4.39 Å². The molecule has 0 radical (unpaired) electrons. The van der Waals surface area contributed by atoms with Gasteiger partial charge in [0.15, 0.2) is 5.78 Å². The molecule has 2 aromatic carbocycles. The van der Waals surface area contributed by atoms with Crippen LogP contribution in [-0.2, 0) is 6.42 Å². The largest absolute Gasteiger partial charge is 0.294 e. The number of carbonyl (C=O) groups is 1. The molecule has 0 saturated heterocycles. The van der Waals surface area contributed by atoms with Crippen molar-refractivity contribution < 1.29 is 9.18 Å². The van der Waals surface area contributed by atoms with E-state index >= 15 is 0 Å². The van der Waals surface area contributed by atoms with Gasteiger partial charge in [-0.1, -0.05) is 33.6 Å². The molecule has 0 aliphatic rings. The van der Waals surface area contributed by atoms with Crippen LogP contribution in [0.3, 0.4) is 0 Å². The zero-order chi connectivity index (χ0) is 14.0. The maximum Gasteiger partial charge on any atom is 0.167 e. The Hall–Kier alpha value is -1.19. The van der Waals surface area contributed by atoms with E-state index in [0.717, 1.165) is 10.0 Å². The smallest absolute Gasteiger partial charge is 0.167 e. The molecule has 0 aromatic heterocycles. The molecule has 0 aliphatic heterocycles. The number of halogens is 3. The van der Waals surface area contributed by atoms with Crippen LogP contribution in [0.5, 0.6) is 0 Å². The minimum Gasteiger partial charge on any atom is -0.294 e. The number of aryl methyl sites for hydroxylation is 1. The zero-order valence-corrected chi connectivity index (χ0v) is 12.6. The van der Waals surface area contributed by atoms with Crippen LogP contribution >= 0.6 is 27.5 Å². The molecule has 0 unspecified atom stereocenters. The first-order valence-electron chi connectivity index (χ1n) is 5.70. The molecule has 0 bridgehead atoms. The van der Waals surface area contributed by atoms with E-state index in [4.69, 9.17) is 11.6 Å². The summed E-state index contributed by atoms with van der Waals surface area (Å²) in [4.78, 5) is 12.2. The van der Waals surface area contributed by atoms with E-state index in [0.29, 0.717) is 5.56 Å². The number of ketones is 1. The molecule has 0 aliphatic carbocycles. The highest BCUT2D eigenvalue weighted by molar-refractivity contribution is 9.10. The van der Waals surface area contributed by atoms with Crippen LogP contribution in [-0.4, -0.2) is 5.78 Å². The van der Waals surface area contributed by atoms with Crippen molar-refractivity contribution in [3.8, 4) is 0 Å². The summed E-state index contributed by atoms with van der Waals surface area (Å²) in [7, 11) is 0. The second-order valence-electron chi connectivity index (χ2n) is 4.32. The highest BCUT2D eigenvalue weighted by atomic mass is 79.9. The van der Waals surface area contributed by atoms with E-state index in [9.17, 15) is 9.18 Å². The van der Waals surface area contributed by atoms with Crippen LogP contribution in [0.2, 0.25) is 5.02 Å². The molecule has 0 atom stereocenters. The van der Waals surface area contributed by atoms with E-state index in [-0.39, 0.29) is 22.8 Å². The number of benzene rings is 2. The molecular weight excluding hydrogens is 331 g/mol. The first-order chi connectivity index (χ1) is 8.97. The summed E-state index contributed by atoms with van der Waals surface area (Å²) >= 11 is 9.27. The molecule has 0 N–H and O–H groups in total. The van der Waals surface area contributed by atoms with Gasteiger partial charge in [0, 0.05) is 27.0 Å². The predicted octanol–water partition coefficient (Wildman–Crippen LogP) is 4.98. The van der Waals surface area contributed by atoms with E-state index in [1.165, 1.54) is 12.1 Å². The lowest BCUT2D eigenvalue weighted by Crippen LogP contribution is -2.06. The predicted molar refractivity (Wildman–Crippen MR) is 78.3 cm³/mol. The third-order valence-corrected chi connectivity index (χ3v) is 3.58. The average molecular weight is 342 g/mol. The minimum absolute atomic E-state index is 0.0403. The summed E-state index contributed by atoms with van der Waals surface area (Å²) in [6.45, 7) is 1.90. The van der Waals surface area contributed by atoms with Gasteiger partial charge in [-0.25, -0.2) is 4.39 Å². The van der Waals surface area contributed by atoms with Gasteiger partial charge < -0.3 is 0 Å². The number of hydrogen-bond acceptors (Lipinski definition) is 1. The van der Waals surface area contributed by atoms with E-state index in [1.54, 1.807) is 18.2 Å². The Morgan fingerprint density at radius 3 is 2.68 bits per heavy atom. The quantitative estimate of drug-likeness (QED) is 0.720. The lowest BCUT2D eigenvalue weighted by Gasteiger charge is -2.06. The van der Waals surface area contributed by atoms with Gasteiger partial charge in [-0.05, 0) is 42.8 Å². The van der Waals surface area contributed by atoms with Gasteiger partial charge in [-0.3, -0.25) is 4.79 Å². The molecule has 0 saturated carbocycles. The number of Topliss-reactive ketones (excluding diaryl/α,β-unsaturated/α-hetero) is 1. The van der Waals surface area contributed by atoms with E-state index in [1.807, 2.05) is 13.0 Å². The normalized spacial score (nSPS) is 10.5. The summed E-state index contributed by atoms with van der Waals surface area (Å²) in [6, 6.07) is 9.83. The minimum atomic E-state index is -0.451. The summed E-state index contributed by atoms with van der Waals surface area (Å²) in [5, 5.41) is 0.278. The van der Waals surface area contributed by atoms with Crippen LogP contribution < -0.4 is 0 Å². The van der Waals surface area contributed by atoms with Crippen molar-refractivity contribution >= 4 is 33.3 Å².